The van der Waals surface area contributed by atoms with E-state index in [1.165, 1.54) is 0 Å². The molecule has 0 fully saturated rings. The lowest BCUT2D eigenvalue weighted by atomic mass is 10.2. The van der Waals surface area contributed by atoms with Crippen LogP contribution in [-0.2, 0) is 11.3 Å². The van der Waals surface area contributed by atoms with Crippen LogP contribution in [0.3, 0.4) is 0 Å². The van der Waals surface area contributed by atoms with Crippen molar-refractivity contribution in [3.8, 4) is 10.6 Å². The van der Waals surface area contributed by atoms with Crippen LogP contribution >= 0.6 is 22.9 Å². The van der Waals surface area contributed by atoms with Gasteiger partial charge in [-0.3, -0.25) is 9.48 Å². The van der Waals surface area contributed by atoms with Gasteiger partial charge >= 0.3 is 0 Å². The van der Waals surface area contributed by atoms with Crippen LogP contribution in [0.4, 0.5) is 5.69 Å². The Kier molecular flexibility index (Phi) is 4.68. The average Bonchev–Trinajstić information content (AvgIpc) is 3.19. The number of anilines is 1. The highest BCUT2D eigenvalue weighted by atomic mass is 35.5. The van der Waals surface area contributed by atoms with Gasteiger partial charge in [-0.25, -0.2) is 4.98 Å². The summed E-state index contributed by atoms with van der Waals surface area (Å²) in [7, 11) is 0. The van der Waals surface area contributed by atoms with Gasteiger partial charge in [-0.1, -0.05) is 35.9 Å². The van der Waals surface area contributed by atoms with E-state index in [1.54, 1.807) is 16.0 Å². The van der Waals surface area contributed by atoms with Crippen molar-refractivity contribution in [1.82, 2.24) is 14.8 Å². The third-order valence-corrected chi connectivity index (χ3v) is 5.93. The van der Waals surface area contributed by atoms with E-state index >= 15 is 0 Å². The molecule has 136 valence electrons. The molecule has 0 atom stereocenters. The van der Waals surface area contributed by atoms with Crippen LogP contribution in [-0.4, -0.2) is 20.7 Å². The van der Waals surface area contributed by atoms with Crippen LogP contribution in [0, 0.1) is 13.8 Å². The number of benzene rings is 2. The van der Waals surface area contributed by atoms with Gasteiger partial charge in [0.2, 0.25) is 5.91 Å². The first kappa shape index (κ1) is 17.7. The predicted octanol–water partition coefficient (Wildman–Crippen LogP) is 5.07. The second-order valence-electron chi connectivity index (χ2n) is 6.22. The summed E-state index contributed by atoms with van der Waals surface area (Å²) in [6, 6.07) is 15.7. The highest BCUT2D eigenvalue weighted by Crippen LogP contribution is 2.34. The van der Waals surface area contributed by atoms with Crippen molar-refractivity contribution >= 4 is 44.7 Å². The summed E-state index contributed by atoms with van der Waals surface area (Å²) < 4.78 is 2.73. The number of thiazole rings is 1. The predicted molar refractivity (Wildman–Crippen MR) is 110 cm³/mol. The Morgan fingerprint density at radius 2 is 1.89 bits per heavy atom. The molecule has 0 aliphatic heterocycles. The van der Waals surface area contributed by atoms with E-state index in [-0.39, 0.29) is 12.5 Å². The first-order chi connectivity index (χ1) is 13.0. The Morgan fingerprint density at radius 1 is 1.15 bits per heavy atom. The van der Waals surface area contributed by atoms with Crippen LogP contribution < -0.4 is 5.32 Å². The highest BCUT2D eigenvalue weighted by Gasteiger charge is 2.15. The monoisotopic (exact) mass is 396 g/mol. The van der Waals surface area contributed by atoms with Gasteiger partial charge in [0.1, 0.15) is 11.6 Å². The summed E-state index contributed by atoms with van der Waals surface area (Å²) in [5, 5.41) is 8.77. The fourth-order valence-electron chi connectivity index (χ4n) is 2.92. The molecule has 4 aromatic rings. The van der Waals surface area contributed by atoms with Crippen molar-refractivity contribution in [2.75, 3.05) is 5.32 Å². The number of aryl methyl sites for hydroxylation is 1. The molecular formula is C20H17ClN4OS. The molecule has 2 heterocycles. The third-order valence-electron chi connectivity index (χ3n) is 4.31. The maximum atomic E-state index is 12.6. The summed E-state index contributed by atoms with van der Waals surface area (Å²) >= 11 is 7.77. The number of halogens is 1. The number of carbonyl (C=O) groups excluding carboxylic acids is 1. The number of hydrogen-bond donors (Lipinski definition) is 1. The van der Waals surface area contributed by atoms with E-state index in [9.17, 15) is 4.79 Å². The summed E-state index contributed by atoms with van der Waals surface area (Å²) in [5.41, 5.74) is 4.09. The van der Waals surface area contributed by atoms with Crippen molar-refractivity contribution in [2.24, 2.45) is 0 Å². The summed E-state index contributed by atoms with van der Waals surface area (Å²) in [5.74, 6) is -0.161. The molecule has 2 aromatic carbocycles. The van der Waals surface area contributed by atoms with E-state index in [0.29, 0.717) is 5.02 Å². The van der Waals surface area contributed by atoms with Crippen molar-refractivity contribution in [1.29, 1.82) is 0 Å². The number of nitrogens with zero attached hydrogens (tertiary/aromatic N) is 3. The summed E-state index contributed by atoms with van der Waals surface area (Å²) in [6.45, 7) is 3.78. The second kappa shape index (κ2) is 7.13. The Labute approximate surface area is 165 Å². The van der Waals surface area contributed by atoms with Crippen LogP contribution in [0.1, 0.15) is 11.4 Å². The number of fused-ring (bicyclic) bond motifs is 1. The molecule has 0 saturated carbocycles. The van der Waals surface area contributed by atoms with Crippen LogP contribution in [0.25, 0.3) is 20.8 Å². The van der Waals surface area contributed by atoms with Crippen molar-refractivity contribution in [2.45, 2.75) is 20.4 Å². The molecule has 0 aliphatic rings. The Balaban J connectivity index is 1.61. The zero-order chi connectivity index (χ0) is 19.0. The number of amides is 1. The second-order valence-corrected chi connectivity index (χ2v) is 7.63. The lowest BCUT2D eigenvalue weighted by Gasteiger charge is -2.10. The molecule has 1 N–H and O–H groups in total. The van der Waals surface area contributed by atoms with Crippen molar-refractivity contribution < 1.29 is 4.79 Å². The zero-order valence-corrected chi connectivity index (χ0v) is 16.4. The fraction of sp³-hybridized carbons (Fsp3) is 0.150. The lowest BCUT2D eigenvalue weighted by molar-refractivity contribution is -0.116. The van der Waals surface area contributed by atoms with E-state index in [0.717, 1.165) is 37.9 Å². The maximum Gasteiger partial charge on any atom is 0.246 e. The Hall–Kier alpha value is -2.70. The van der Waals surface area contributed by atoms with E-state index in [2.05, 4.69) is 10.4 Å². The van der Waals surface area contributed by atoms with E-state index < -0.39 is 0 Å². The summed E-state index contributed by atoms with van der Waals surface area (Å²) in [6.07, 6.45) is 0. The molecule has 5 nitrogen and oxygen atoms in total. The SMILES string of the molecule is Cc1nn(CC(=O)Nc2ccccc2-c2nc3ccccc3s2)c(C)c1Cl. The lowest BCUT2D eigenvalue weighted by Crippen LogP contribution is -2.20. The zero-order valence-electron chi connectivity index (χ0n) is 14.9. The highest BCUT2D eigenvalue weighted by molar-refractivity contribution is 7.21. The molecule has 2 aromatic heterocycles. The molecule has 1 amide bonds. The number of carbonyl (C=O) groups is 1. The van der Waals surface area contributed by atoms with Gasteiger partial charge < -0.3 is 5.32 Å². The standard InChI is InChI=1S/C20H17ClN4OS/c1-12-19(21)13(2)25(24-12)11-18(26)22-15-8-4-3-7-14(15)20-23-16-9-5-6-10-17(16)27-20/h3-10H,11H2,1-2H3,(H,22,26). The smallest absolute Gasteiger partial charge is 0.246 e. The van der Waals surface area contributed by atoms with Crippen LogP contribution in [0.5, 0.6) is 0 Å². The maximum absolute atomic E-state index is 12.6. The first-order valence-corrected chi connectivity index (χ1v) is 9.66. The fourth-order valence-corrected chi connectivity index (χ4v) is 4.06. The van der Waals surface area contributed by atoms with Crippen molar-refractivity contribution in [3.05, 3.63) is 64.9 Å². The minimum atomic E-state index is -0.161. The minimum Gasteiger partial charge on any atom is -0.324 e. The molecule has 0 bridgehead atoms. The Bertz CT molecular complexity index is 1120. The van der Waals surface area contributed by atoms with Gasteiger partial charge in [0, 0.05) is 5.56 Å². The number of rotatable bonds is 4. The normalized spacial score (nSPS) is 11.1. The largest absolute Gasteiger partial charge is 0.324 e. The quantitative estimate of drug-likeness (QED) is 0.524. The van der Waals surface area contributed by atoms with E-state index in [4.69, 9.17) is 16.6 Å². The molecule has 0 spiro atoms. The molecule has 0 saturated heterocycles. The third kappa shape index (κ3) is 3.46. The number of nitrogens with one attached hydrogen (secondary N) is 1. The van der Waals surface area contributed by atoms with E-state index in [1.807, 2.05) is 62.4 Å². The Morgan fingerprint density at radius 3 is 2.63 bits per heavy atom. The van der Waals surface area contributed by atoms with Gasteiger partial charge in [-0.2, -0.15) is 5.10 Å². The van der Waals surface area contributed by atoms with Crippen LogP contribution in [0.15, 0.2) is 48.5 Å². The van der Waals surface area contributed by atoms with Crippen LogP contribution in [0.2, 0.25) is 5.02 Å². The molecular weight excluding hydrogens is 380 g/mol. The minimum absolute atomic E-state index is 0.105. The van der Waals surface area contributed by atoms with Crippen molar-refractivity contribution in [3.63, 3.8) is 0 Å². The molecule has 0 aliphatic carbocycles. The topological polar surface area (TPSA) is 59.8 Å². The van der Waals surface area contributed by atoms with Gasteiger partial charge in [-0.15, -0.1) is 11.3 Å². The van der Waals surface area contributed by atoms with Gasteiger partial charge in [0.15, 0.2) is 0 Å². The number of aromatic nitrogens is 3. The molecule has 27 heavy (non-hydrogen) atoms. The van der Waals surface area contributed by atoms with Gasteiger partial charge in [0.25, 0.3) is 0 Å². The first-order valence-electron chi connectivity index (χ1n) is 8.47. The molecule has 4 rings (SSSR count). The van der Waals surface area contributed by atoms with Gasteiger partial charge in [0.05, 0.1) is 32.3 Å². The molecule has 0 radical (unpaired) electrons. The molecule has 0 unspecified atom stereocenters. The summed E-state index contributed by atoms with van der Waals surface area (Å²) in [4.78, 5) is 17.3. The number of hydrogen-bond acceptors (Lipinski definition) is 4. The molecule has 7 heteroatoms. The number of para-hydroxylation sites is 2. The average molecular weight is 397 g/mol. The van der Waals surface area contributed by atoms with Gasteiger partial charge in [-0.05, 0) is 38.1 Å².